The number of carbonyl (C=O) groups is 1. The van der Waals surface area contributed by atoms with E-state index in [-0.39, 0.29) is 16.8 Å². The number of nitrogens with one attached hydrogen (secondary N) is 1. The van der Waals surface area contributed by atoms with Gasteiger partial charge < -0.3 is 11.1 Å². The fourth-order valence-corrected chi connectivity index (χ4v) is 3.03. The van der Waals surface area contributed by atoms with Gasteiger partial charge in [0.05, 0.1) is 11.1 Å². The summed E-state index contributed by atoms with van der Waals surface area (Å²) in [6.07, 6.45) is 5.89. The number of allylic oxidation sites excluding steroid dienone is 4. The van der Waals surface area contributed by atoms with Crippen LogP contribution in [0.4, 0.5) is 17.5 Å². The number of primary sulfonamides is 1. The Balaban J connectivity index is 1.81. The molecule has 0 amide bonds. The van der Waals surface area contributed by atoms with Gasteiger partial charge in [0.25, 0.3) is 5.91 Å². The molecule has 25 heavy (non-hydrogen) atoms. The molecule has 1 aliphatic carbocycles. The maximum Gasteiger partial charge on any atom is 0.261 e. The van der Waals surface area contributed by atoms with E-state index in [0.717, 1.165) is 5.57 Å². The Morgan fingerprint density at radius 3 is 2.52 bits per heavy atom. The van der Waals surface area contributed by atoms with Crippen LogP contribution in [0.25, 0.3) is 0 Å². The zero-order valence-electron chi connectivity index (χ0n) is 13.4. The number of aromatic nitrogens is 2. The molecule has 0 atom stereocenters. The number of sulfonamides is 1. The van der Waals surface area contributed by atoms with E-state index in [9.17, 15) is 13.2 Å². The Bertz CT molecular complexity index is 1000. The van der Waals surface area contributed by atoms with Crippen LogP contribution < -0.4 is 16.2 Å². The normalized spacial score (nSPS) is 14.2. The lowest BCUT2D eigenvalue weighted by molar-refractivity contribution is 0.0955. The highest BCUT2D eigenvalue weighted by Crippen LogP contribution is 2.24. The van der Waals surface area contributed by atoms with Crippen LogP contribution in [0.5, 0.6) is 0 Å². The van der Waals surface area contributed by atoms with Crippen molar-refractivity contribution < 1.29 is 13.2 Å². The Morgan fingerprint density at radius 2 is 1.96 bits per heavy atom. The maximum absolute atomic E-state index is 12.5. The first kappa shape index (κ1) is 16.9. The first-order valence-corrected chi connectivity index (χ1v) is 8.96. The topological polar surface area (TPSA) is 133 Å². The summed E-state index contributed by atoms with van der Waals surface area (Å²) in [5.41, 5.74) is 8.01. The molecular weight excluding hydrogens is 342 g/mol. The van der Waals surface area contributed by atoms with Gasteiger partial charge in [-0.1, -0.05) is 12.2 Å². The molecule has 0 aliphatic heterocycles. The highest BCUT2D eigenvalue weighted by molar-refractivity contribution is 7.89. The molecule has 0 spiro atoms. The van der Waals surface area contributed by atoms with Crippen LogP contribution in [-0.2, 0) is 10.0 Å². The predicted octanol–water partition coefficient (Wildman–Crippen LogP) is 1.77. The summed E-state index contributed by atoms with van der Waals surface area (Å²) in [7, 11) is -3.74. The Morgan fingerprint density at radius 1 is 1.28 bits per heavy atom. The van der Waals surface area contributed by atoms with Crippen molar-refractivity contribution in [2.45, 2.75) is 18.2 Å². The second-order valence-corrected chi connectivity index (χ2v) is 7.18. The maximum atomic E-state index is 12.5. The van der Waals surface area contributed by atoms with Crippen LogP contribution in [0, 0.1) is 0 Å². The molecule has 5 N–H and O–H groups in total. The minimum Gasteiger partial charge on any atom is -0.369 e. The van der Waals surface area contributed by atoms with E-state index in [4.69, 9.17) is 10.9 Å². The van der Waals surface area contributed by atoms with Crippen molar-refractivity contribution in [3.8, 4) is 0 Å². The molecule has 2 aromatic rings. The van der Waals surface area contributed by atoms with Crippen LogP contribution >= 0.6 is 0 Å². The van der Waals surface area contributed by atoms with E-state index in [1.54, 1.807) is 12.1 Å². The SMILES string of the molecule is CC1=C(C(=O)n2cc(Nc3ccc(S(N)(=O)=O)cc3)nc2N)CC=C1. The van der Waals surface area contributed by atoms with Gasteiger partial charge in [-0.3, -0.25) is 4.79 Å². The average molecular weight is 359 g/mol. The first-order valence-electron chi connectivity index (χ1n) is 7.41. The fourth-order valence-electron chi connectivity index (χ4n) is 2.51. The Hall–Kier alpha value is -2.91. The minimum atomic E-state index is -3.74. The molecule has 1 heterocycles. The number of hydrogen-bond acceptors (Lipinski definition) is 6. The molecule has 3 rings (SSSR count). The lowest BCUT2D eigenvalue weighted by Gasteiger charge is -2.05. The number of nitrogens with two attached hydrogens (primary N) is 2. The van der Waals surface area contributed by atoms with Gasteiger partial charge in [0.15, 0.2) is 5.82 Å². The Labute approximate surface area is 144 Å². The highest BCUT2D eigenvalue weighted by Gasteiger charge is 2.19. The molecule has 0 radical (unpaired) electrons. The second kappa shape index (κ2) is 6.19. The number of rotatable bonds is 4. The summed E-state index contributed by atoms with van der Waals surface area (Å²) in [4.78, 5) is 16.7. The van der Waals surface area contributed by atoms with Crippen molar-refractivity contribution in [3.05, 3.63) is 53.8 Å². The van der Waals surface area contributed by atoms with Gasteiger partial charge in [-0.25, -0.2) is 18.1 Å². The lowest BCUT2D eigenvalue weighted by Crippen LogP contribution is -2.15. The van der Waals surface area contributed by atoms with Crippen LogP contribution in [0.2, 0.25) is 0 Å². The molecule has 0 unspecified atom stereocenters. The van der Waals surface area contributed by atoms with Gasteiger partial charge in [-0.15, -0.1) is 0 Å². The molecule has 1 aliphatic rings. The first-order chi connectivity index (χ1) is 11.8. The van der Waals surface area contributed by atoms with Crippen molar-refractivity contribution in [1.82, 2.24) is 9.55 Å². The van der Waals surface area contributed by atoms with Gasteiger partial charge in [0.2, 0.25) is 16.0 Å². The van der Waals surface area contributed by atoms with Crippen molar-refractivity contribution in [2.75, 3.05) is 11.1 Å². The van der Waals surface area contributed by atoms with E-state index in [1.165, 1.54) is 22.9 Å². The van der Waals surface area contributed by atoms with E-state index in [1.807, 2.05) is 19.1 Å². The predicted molar refractivity (Wildman–Crippen MR) is 94.8 cm³/mol. The van der Waals surface area contributed by atoms with Gasteiger partial charge in [-0.05, 0) is 43.2 Å². The summed E-state index contributed by atoms with van der Waals surface area (Å²) in [5.74, 6) is 0.226. The van der Waals surface area contributed by atoms with Gasteiger partial charge in [0.1, 0.15) is 0 Å². The average Bonchev–Trinajstić information content (AvgIpc) is 3.12. The molecule has 8 nitrogen and oxygen atoms in total. The number of carbonyl (C=O) groups excluding carboxylic acids is 1. The number of anilines is 3. The summed E-state index contributed by atoms with van der Waals surface area (Å²) in [6.45, 7) is 1.87. The van der Waals surface area contributed by atoms with E-state index >= 15 is 0 Å². The molecule has 0 fully saturated rings. The second-order valence-electron chi connectivity index (χ2n) is 5.62. The zero-order valence-corrected chi connectivity index (χ0v) is 14.2. The third-order valence-electron chi connectivity index (χ3n) is 3.83. The van der Waals surface area contributed by atoms with Crippen molar-refractivity contribution in [2.24, 2.45) is 5.14 Å². The fraction of sp³-hybridized carbons (Fsp3) is 0.125. The quantitative estimate of drug-likeness (QED) is 0.762. The molecular formula is C16H17N5O3S. The van der Waals surface area contributed by atoms with Crippen LogP contribution in [-0.4, -0.2) is 23.9 Å². The number of hydrogen-bond donors (Lipinski definition) is 3. The summed E-state index contributed by atoms with van der Waals surface area (Å²) < 4.78 is 23.8. The monoisotopic (exact) mass is 359 g/mol. The summed E-state index contributed by atoms with van der Waals surface area (Å²) in [5, 5.41) is 8.03. The van der Waals surface area contributed by atoms with Gasteiger partial charge in [0, 0.05) is 11.3 Å². The highest BCUT2D eigenvalue weighted by atomic mass is 32.2. The smallest absolute Gasteiger partial charge is 0.261 e. The minimum absolute atomic E-state index is 0.00872. The molecule has 1 aromatic heterocycles. The molecule has 1 aromatic carbocycles. The molecule has 0 saturated heterocycles. The lowest BCUT2D eigenvalue weighted by atomic mass is 10.1. The van der Waals surface area contributed by atoms with Crippen molar-refractivity contribution >= 4 is 33.4 Å². The van der Waals surface area contributed by atoms with E-state index in [0.29, 0.717) is 23.5 Å². The standard InChI is InChI=1S/C16H17N5O3S/c1-10-3-2-4-13(10)15(22)21-9-14(20-16(21)17)19-11-5-7-12(8-6-11)25(18,23)24/h2-3,5-9,19H,4H2,1H3,(H2,17,20)(H2,18,23,24). The molecule has 9 heteroatoms. The number of benzene rings is 1. The molecule has 0 saturated carbocycles. The van der Waals surface area contributed by atoms with Gasteiger partial charge >= 0.3 is 0 Å². The number of nitrogen functional groups attached to an aromatic ring is 1. The molecule has 0 bridgehead atoms. The zero-order chi connectivity index (χ0) is 18.2. The number of imidazole rings is 1. The summed E-state index contributed by atoms with van der Waals surface area (Å²) in [6, 6.07) is 5.85. The van der Waals surface area contributed by atoms with E-state index in [2.05, 4.69) is 10.3 Å². The number of nitrogens with zero attached hydrogens (tertiary/aromatic N) is 2. The third kappa shape index (κ3) is 3.47. The van der Waals surface area contributed by atoms with Crippen molar-refractivity contribution in [3.63, 3.8) is 0 Å². The van der Waals surface area contributed by atoms with Gasteiger partial charge in [-0.2, -0.15) is 4.98 Å². The van der Waals surface area contributed by atoms with Crippen LogP contribution in [0.1, 0.15) is 18.1 Å². The molecule has 130 valence electrons. The third-order valence-corrected chi connectivity index (χ3v) is 4.76. The largest absolute Gasteiger partial charge is 0.369 e. The van der Waals surface area contributed by atoms with Crippen molar-refractivity contribution in [1.29, 1.82) is 0 Å². The van der Waals surface area contributed by atoms with E-state index < -0.39 is 10.0 Å². The van der Waals surface area contributed by atoms with Crippen LogP contribution in [0.3, 0.4) is 0 Å². The van der Waals surface area contributed by atoms with Crippen LogP contribution in [0.15, 0.2) is 58.7 Å². The Kier molecular flexibility index (Phi) is 4.19. The summed E-state index contributed by atoms with van der Waals surface area (Å²) >= 11 is 0.